The lowest BCUT2D eigenvalue weighted by Crippen LogP contribution is -2.38. The van der Waals surface area contributed by atoms with Crippen LogP contribution in [0.1, 0.15) is 41.6 Å². The fourth-order valence-corrected chi connectivity index (χ4v) is 4.45. The number of fused-ring (bicyclic) bond motifs is 1. The summed E-state index contributed by atoms with van der Waals surface area (Å²) in [5.41, 5.74) is 8.58. The summed E-state index contributed by atoms with van der Waals surface area (Å²) in [6, 6.07) is 13.0. The maximum absolute atomic E-state index is 14.3. The van der Waals surface area contributed by atoms with Crippen molar-refractivity contribution in [2.75, 3.05) is 26.2 Å². The quantitative estimate of drug-likeness (QED) is 0.887. The number of likely N-dealkylation sites (tertiary alicyclic amines) is 1. The molecule has 0 amide bonds. The largest absolute Gasteiger partial charge is 0.329 e. The van der Waals surface area contributed by atoms with Crippen LogP contribution in [0.4, 0.5) is 8.78 Å². The minimum atomic E-state index is -0.527. The lowest BCUT2D eigenvalue weighted by Gasteiger charge is -2.34. The first kappa shape index (κ1) is 17.6. The lowest BCUT2D eigenvalue weighted by atomic mass is 10.0. The van der Waals surface area contributed by atoms with Crippen molar-refractivity contribution in [3.63, 3.8) is 0 Å². The van der Waals surface area contributed by atoms with Gasteiger partial charge in [-0.15, -0.1) is 0 Å². The molecule has 2 aromatic carbocycles. The molecule has 5 heteroatoms. The summed E-state index contributed by atoms with van der Waals surface area (Å²) in [4.78, 5) is 4.71. The molecule has 2 aromatic rings. The van der Waals surface area contributed by atoms with Crippen molar-refractivity contribution in [1.82, 2.24) is 9.80 Å². The van der Waals surface area contributed by atoms with Crippen LogP contribution in [0.2, 0.25) is 0 Å². The predicted molar refractivity (Wildman–Crippen MR) is 98.6 cm³/mol. The topological polar surface area (TPSA) is 32.5 Å². The van der Waals surface area contributed by atoms with Crippen LogP contribution in [0.15, 0.2) is 42.5 Å². The van der Waals surface area contributed by atoms with Gasteiger partial charge in [0.15, 0.2) is 0 Å². The number of benzene rings is 2. The summed E-state index contributed by atoms with van der Waals surface area (Å²) in [6.45, 7) is 3.77. The monoisotopic (exact) mass is 357 g/mol. The second kappa shape index (κ2) is 7.43. The second-order valence-electron chi connectivity index (χ2n) is 7.31. The third kappa shape index (κ3) is 3.27. The zero-order valence-electron chi connectivity index (χ0n) is 14.9. The maximum Gasteiger partial charge on any atom is 0.130 e. The zero-order valence-corrected chi connectivity index (χ0v) is 14.9. The molecule has 2 heterocycles. The molecule has 1 saturated heterocycles. The normalized spacial score (nSPS) is 21.9. The summed E-state index contributed by atoms with van der Waals surface area (Å²) >= 11 is 0. The molecule has 2 aliphatic rings. The van der Waals surface area contributed by atoms with Gasteiger partial charge in [-0.05, 0) is 43.1 Å². The van der Waals surface area contributed by atoms with Gasteiger partial charge in [-0.3, -0.25) is 9.80 Å². The maximum atomic E-state index is 14.3. The van der Waals surface area contributed by atoms with Gasteiger partial charge >= 0.3 is 0 Å². The van der Waals surface area contributed by atoms with Crippen molar-refractivity contribution < 1.29 is 8.78 Å². The van der Waals surface area contributed by atoms with Crippen LogP contribution >= 0.6 is 0 Å². The standard InChI is InChI=1S/C21H25F2N3/c22-16-10-17-18(19(23)11-16)13-26(20(17)12-24)14-21(25-8-4-5-9-25)15-6-2-1-3-7-15/h1-3,6-7,10-11,20-21H,4-5,8-9,12-14,24H2. The highest BCUT2D eigenvalue weighted by molar-refractivity contribution is 5.36. The average Bonchev–Trinajstić information content (AvgIpc) is 3.28. The van der Waals surface area contributed by atoms with Crippen molar-refractivity contribution in [1.29, 1.82) is 0 Å². The Morgan fingerprint density at radius 3 is 2.50 bits per heavy atom. The molecule has 0 spiro atoms. The minimum Gasteiger partial charge on any atom is -0.329 e. The molecule has 2 aliphatic heterocycles. The Bertz CT molecular complexity index is 759. The summed E-state index contributed by atoms with van der Waals surface area (Å²) < 4.78 is 28.0. The first-order valence-corrected chi connectivity index (χ1v) is 9.38. The number of hydrogen-bond donors (Lipinski definition) is 1. The minimum absolute atomic E-state index is 0.135. The van der Waals surface area contributed by atoms with E-state index in [0.717, 1.165) is 25.7 Å². The van der Waals surface area contributed by atoms with Gasteiger partial charge in [-0.25, -0.2) is 8.78 Å². The van der Waals surface area contributed by atoms with E-state index in [0.29, 0.717) is 24.2 Å². The van der Waals surface area contributed by atoms with Crippen molar-refractivity contribution in [3.8, 4) is 0 Å². The zero-order chi connectivity index (χ0) is 18.1. The number of halogens is 2. The van der Waals surface area contributed by atoms with Crippen molar-refractivity contribution in [3.05, 3.63) is 70.8 Å². The van der Waals surface area contributed by atoms with Gasteiger partial charge in [0.2, 0.25) is 0 Å². The third-order valence-electron chi connectivity index (χ3n) is 5.75. The molecule has 4 rings (SSSR count). The van der Waals surface area contributed by atoms with Gasteiger partial charge in [-0.2, -0.15) is 0 Å². The lowest BCUT2D eigenvalue weighted by molar-refractivity contribution is 0.134. The number of nitrogens with zero attached hydrogens (tertiary/aromatic N) is 2. The van der Waals surface area contributed by atoms with Crippen molar-refractivity contribution >= 4 is 0 Å². The van der Waals surface area contributed by atoms with E-state index in [1.807, 2.05) is 6.07 Å². The van der Waals surface area contributed by atoms with Gasteiger partial charge in [0.05, 0.1) is 0 Å². The van der Waals surface area contributed by atoms with E-state index in [2.05, 4.69) is 34.1 Å². The molecular weight excluding hydrogens is 332 g/mol. The number of nitrogens with two attached hydrogens (primary N) is 1. The highest BCUT2D eigenvalue weighted by Gasteiger charge is 2.35. The summed E-state index contributed by atoms with van der Waals surface area (Å²) in [7, 11) is 0. The molecule has 0 bridgehead atoms. The molecule has 0 aliphatic carbocycles. The van der Waals surface area contributed by atoms with E-state index in [1.54, 1.807) is 0 Å². The Morgan fingerprint density at radius 1 is 1.08 bits per heavy atom. The van der Waals surface area contributed by atoms with E-state index in [-0.39, 0.29) is 12.1 Å². The van der Waals surface area contributed by atoms with Gasteiger partial charge in [0, 0.05) is 43.3 Å². The molecule has 138 valence electrons. The number of hydrogen-bond acceptors (Lipinski definition) is 3. The molecule has 0 saturated carbocycles. The van der Waals surface area contributed by atoms with Crippen LogP contribution in [0, 0.1) is 11.6 Å². The second-order valence-corrected chi connectivity index (χ2v) is 7.31. The van der Waals surface area contributed by atoms with Crippen LogP contribution in [0.3, 0.4) is 0 Å². The Hall–Kier alpha value is -1.82. The molecule has 0 radical (unpaired) electrons. The molecule has 0 aromatic heterocycles. The highest BCUT2D eigenvalue weighted by atomic mass is 19.1. The summed E-state index contributed by atoms with van der Waals surface area (Å²) in [6.07, 6.45) is 2.42. The summed E-state index contributed by atoms with van der Waals surface area (Å²) in [5.74, 6) is -0.987. The molecule has 3 nitrogen and oxygen atoms in total. The first-order chi connectivity index (χ1) is 12.7. The molecule has 2 unspecified atom stereocenters. The fourth-order valence-electron chi connectivity index (χ4n) is 4.45. The molecule has 26 heavy (non-hydrogen) atoms. The fraction of sp³-hybridized carbons (Fsp3) is 0.429. The van der Waals surface area contributed by atoms with Crippen molar-refractivity contribution in [2.45, 2.75) is 31.5 Å². The Morgan fingerprint density at radius 2 is 1.81 bits per heavy atom. The van der Waals surface area contributed by atoms with Crippen LogP contribution in [0.5, 0.6) is 0 Å². The van der Waals surface area contributed by atoms with Gasteiger partial charge in [-0.1, -0.05) is 30.3 Å². The molecule has 2 atom stereocenters. The van der Waals surface area contributed by atoms with Gasteiger partial charge < -0.3 is 5.73 Å². The van der Waals surface area contributed by atoms with Gasteiger partial charge in [0.1, 0.15) is 11.6 Å². The van der Waals surface area contributed by atoms with E-state index in [4.69, 9.17) is 5.73 Å². The summed E-state index contributed by atoms with van der Waals surface area (Å²) in [5, 5.41) is 0. The van der Waals surface area contributed by atoms with E-state index >= 15 is 0 Å². The molecular formula is C21H25F2N3. The average molecular weight is 357 g/mol. The third-order valence-corrected chi connectivity index (χ3v) is 5.75. The van der Waals surface area contributed by atoms with Crippen molar-refractivity contribution in [2.24, 2.45) is 5.73 Å². The highest BCUT2D eigenvalue weighted by Crippen LogP contribution is 2.37. The van der Waals surface area contributed by atoms with E-state index < -0.39 is 11.6 Å². The Kier molecular flexibility index (Phi) is 5.02. The van der Waals surface area contributed by atoms with E-state index in [9.17, 15) is 8.78 Å². The smallest absolute Gasteiger partial charge is 0.130 e. The molecule has 2 N–H and O–H groups in total. The van der Waals surface area contributed by atoms with Crippen LogP contribution in [0.25, 0.3) is 0 Å². The van der Waals surface area contributed by atoms with E-state index in [1.165, 1.54) is 24.5 Å². The predicted octanol–water partition coefficient (Wildman–Crippen LogP) is 3.62. The first-order valence-electron chi connectivity index (χ1n) is 9.38. The molecule has 1 fully saturated rings. The SMILES string of the molecule is NCC1c2cc(F)cc(F)c2CN1CC(c1ccccc1)N1CCCC1. The van der Waals surface area contributed by atoms with Crippen LogP contribution in [-0.2, 0) is 6.54 Å². The van der Waals surface area contributed by atoms with Crippen LogP contribution < -0.4 is 5.73 Å². The van der Waals surface area contributed by atoms with Crippen LogP contribution in [-0.4, -0.2) is 36.0 Å². The Labute approximate surface area is 153 Å². The van der Waals surface area contributed by atoms with Gasteiger partial charge in [0.25, 0.3) is 0 Å². The Balaban J connectivity index is 1.62. The number of rotatable bonds is 5.